The van der Waals surface area contributed by atoms with Gasteiger partial charge in [-0.05, 0) is 32.6 Å². The van der Waals surface area contributed by atoms with Gasteiger partial charge in [0.15, 0.2) is 0 Å². The summed E-state index contributed by atoms with van der Waals surface area (Å²) in [6.07, 6.45) is 9.18. The Morgan fingerprint density at radius 2 is 1.58 bits per heavy atom. The van der Waals surface area contributed by atoms with Crippen LogP contribution >= 0.6 is 0 Å². The molecule has 19 heavy (non-hydrogen) atoms. The summed E-state index contributed by atoms with van der Waals surface area (Å²) in [6, 6.07) is 0. The van der Waals surface area contributed by atoms with Crippen molar-refractivity contribution in [3.63, 3.8) is 0 Å². The minimum absolute atomic E-state index is 0.105. The van der Waals surface area contributed by atoms with Gasteiger partial charge in [-0.1, -0.05) is 52.4 Å². The predicted octanol–water partition coefficient (Wildman–Crippen LogP) is 5.32. The summed E-state index contributed by atoms with van der Waals surface area (Å²) in [4.78, 5) is 11.4. The van der Waals surface area contributed by atoms with Gasteiger partial charge in [0, 0.05) is 0 Å². The van der Waals surface area contributed by atoms with E-state index in [0.29, 0.717) is 12.5 Å². The minimum Gasteiger partial charge on any atom is -0.434 e. The normalized spacial score (nSPS) is 12.5. The van der Waals surface area contributed by atoms with Crippen molar-refractivity contribution in [2.24, 2.45) is 5.92 Å². The number of hydrogen-bond donors (Lipinski definition) is 0. The van der Waals surface area contributed by atoms with Crippen LogP contribution in [0.25, 0.3) is 0 Å². The molecule has 0 bridgehead atoms. The molecule has 0 aliphatic rings. The van der Waals surface area contributed by atoms with Crippen LogP contribution in [0.15, 0.2) is 0 Å². The number of carbonyl (C=O) groups is 1. The van der Waals surface area contributed by atoms with Crippen molar-refractivity contribution in [2.75, 3.05) is 6.61 Å². The topological polar surface area (TPSA) is 35.5 Å². The summed E-state index contributed by atoms with van der Waals surface area (Å²) in [5.41, 5.74) is 0. The molecular formula is C16H32O3. The first-order chi connectivity index (χ1) is 9.10. The molecule has 0 aromatic carbocycles. The Balaban J connectivity index is 3.87. The van der Waals surface area contributed by atoms with E-state index in [2.05, 4.69) is 13.8 Å². The molecule has 0 aliphatic heterocycles. The largest absolute Gasteiger partial charge is 0.508 e. The van der Waals surface area contributed by atoms with Gasteiger partial charge in [0.1, 0.15) is 0 Å². The van der Waals surface area contributed by atoms with Crippen molar-refractivity contribution < 1.29 is 14.3 Å². The van der Waals surface area contributed by atoms with E-state index in [0.717, 1.165) is 12.8 Å². The molecule has 0 heterocycles. The zero-order valence-electron chi connectivity index (χ0n) is 13.2. The Morgan fingerprint density at radius 3 is 2.16 bits per heavy atom. The number of carbonyl (C=O) groups excluding carboxylic acids is 1. The lowest BCUT2D eigenvalue weighted by Crippen LogP contribution is -2.18. The zero-order valence-corrected chi connectivity index (χ0v) is 13.2. The van der Waals surface area contributed by atoms with Gasteiger partial charge in [-0.25, -0.2) is 4.79 Å². The molecule has 0 saturated heterocycles. The maximum Gasteiger partial charge on any atom is 0.508 e. The van der Waals surface area contributed by atoms with E-state index in [1.54, 1.807) is 0 Å². The number of ether oxygens (including phenoxy) is 2. The molecule has 0 amide bonds. The van der Waals surface area contributed by atoms with E-state index in [4.69, 9.17) is 9.47 Å². The number of rotatable bonds is 11. The second-order valence-electron chi connectivity index (χ2n) is 5.59. The lowest BCUT2D eigenvalue weighted by Gasteiger charge is -2.17. The second-order valence-corrected chi connectivity index (χ2v) is 5.59. The Bertz CT molecular complexity index is 214. The molecule has 0 aromatic heterocycles. The van der Waals surface area contributed by atoms with Crippen LogP contribution in [0.1, 0.15) is 79.1 Å². The predicted molar refractivity (Wildman–Crippen MR) is 79.3 cm³/mol. The van der Waals surface area contributed by atoms with Crippen molar-refractivity contribution in [2.45, 2.75) is 85.2 Å². The molecule has 0 spiro atoms. The Morgan fingerprint density at radius 1 is 0.947 bits per heavy atom. The maximum absolute atomic E-state index is 11.4. The fourth-order valence-corrected chi connectivity index (χ4v) is 2.08. The number of unbranched alkanes of at least 4 members (excludes halogenated alkanes) is 4. The lowest BCUT2D eigenvalue weighted by molar-refractivity contribution is 0.0234. The highest BCUT2D eigenvalue weighted by Crippen LogP contribution is 2.18. The summed E-state index contributed by atoms with van der Waals surface area (Å²) in [6.45, 7) is 8.60. The van der Waals surface area contributed by atoms with E-state index < -0.39 is 6.16 Å². The van der Waals surface area contributed by atoms with Gasteiger partial charge in [-0.2, -0.15) is 0 Å². The summed E-state index contributed by atoms with van der Waals surface area (Å²) < 4.78 is 10.2. The first-order valence-corrected chi connectivity index (χ1v) is 7.93. The van der Waals surface area contributed by atoms with E-state index in [-0.39, 0.29) is 6.10 Å². The van der Waals surface area contributed by atoms with Gasteiger partial charge >= 0.3 is 6.16 Å². The molecule has 114 valence electrons. The molecule has 0 rings (SSSR count). The second kappa shape index (κ2) is 12.3. The fraction of sp³-hybridized carbons (Fsp3) is 0.938. The van der Waals surface area contributed by atoms with Crippen LogP contribution in [0.3, 0.4) is 0 Å². The molecule has 3 nitrogen and oxygen atoms in total. The van der Waals surface area contributed by atoms with Crippen molar-refractivity contribution in [1.29, 1.82) is 0 Å². The van der Waals surface area contributed by atoms with Gasteiger partial charge < -0.3 is 9.47 Å². The monoisotopic (exact) mass is 272 g/mol. The summed E-state index contributed by atoms with van der Waals surface area (Å²) in [5.74, 6) is 0.497. The molecule has 0 saturated carbocycles. The third kappa shape index (κ3) is 12.1. The molecule has 1 unspecified atom stereocenters. The van der Waals surface area contributed by atoms with Crippen LogP contribution in [-0.2, 0) is 9.47 Å². The molecule has 0 N–H and O–H groups in total. The lowest BCUT2D eigenvalue weighted by atomic mass is 9.96. The van der Waals surface area contributed by atoms with Crippen LogP contribution < -0.4 is 0 Å². The first kappa shape index (κ1) is 18.3. The first-order valence-electron chi connectivity index (χ1n) is 7.93. The Hall–Kier alpha value is -0.730. The van der Waals surface area contributed by atoms with Crippen LogP contribution in [0.2, 0.25) is 0 Å². The highest BCUT2D eigenvalue weighted by molar-refractivity contribution is 5.59. The quantitative estimate of drug-likeness (QED) is 0.377. The molecule has 3 heteroatoms. The zero-order chi connectivity index (χ0) is 14.5. The fourth-order valence-electron chi connectivity index (χ4n) is 2.08. The highest BCUT2D eigenvalue weighted by atomic mass is 16.7. The van der Waals surface area contributed by atoms with Gasteiger partial charge in [-0.3, -0.25) is 0 Å². The van der Waals surface area contributed by atoms with Gasteiger partial charge in [-0.15, -0.1) is 0 Å². The van der Waals surface area contributed by atoms with Crippen LogP contribution in [0, 0.1) is 5.92 Å². The third-order valence-corrected chi connectivity index (χ3v) is 3.20. The van der Waals surface area contributed by atoms with Crippen LogP contribution in [0.4, 0.5) is 4.79 Å². The van der Waals surface area contributed by atoms with E-state index >= 15 is 0 Å². The van der Waals surface area contributed by atoms with Crippen molar-refractivity contribution >= 4 is 6.16 Å². The van der Waals surface area contributed by atoms with E-state index in [9.17, 15) is 4.79 Å². The molecule has 0 fully saturated rings. The maximum atomic E-state index is 11.4. The van der Waals surface area contributed by atoms with Crippen molar-refractivity contribution in [3.05, 3.63) is 0 Å². The SMILES string of the molecule is CCCCCCC(CCCC)COC(=O)OC(C)C. The molecular weight excluding hydrogens is 240 g/mol. The molecule has 0 aromatic rings. The molecule has 0 aliphatic carbocycles. The van der Waals surface area contributed by atoms with E-state index in [1.807, 2.05) is 13.8 Å². The van der Waals surface area contributed by atoms with Gasteiger partial charge in [0.2, 0.25) is 0 Å². The summed E-state index contributed by atoms with van der Waals surface area (Å²) in [7, 11) is 0. The molecule has 0 radical (unpaired) electrons. The average molecular weight is 272 g/mol. The smallest absolute Gasteiger partial charge is 0.434 e. The van der Waals surface area contributed by atoms with Crippen LogP contribution in [0.5, 0.6) is 0 Å². The van der Waals surface area contributed by atoms with Crippen LogP contribution in [-0.4, -0.2) is 18.9 Å². The van der Waals surface area contributed by atoms with E-state index in [1.165, 1.54) is 38.5 Å². The Kier molecular flexibility index (Phi) is 11.8. The minimum atomic E-state index is -0.523. The molecule has 1 atom stereocenters. The standard InChI is InChI=1S/C16H32O3/c1-5-7-9-10-12-15(11-8-6-2)13-18-16(17)19-14(3)4/h14-15H,5-13H2,1-4H3. The van der Waals surface area contributed by atoms with Crippen molar-refractivity contribution in [1.82, 2.24) is 0 Å². The summed E-state index contributed by atoms with van der Waals surface area (Å²) >= 11 is 0. The summed E-state index contributed by atoms with van der Waals surface area (Å²) in [5, 5.41) is 0. The third-order valence-electron chi connectivity index (χ3n) is 3.20. The number of hydrogen-bond acceptors (Lipinski definition) is 3. The van der Waals surface area contributed by atoms with Gasteiger partial charge in [0.05, 0.1) is 12.7 Å². The average Bonchev–Trinajstić information content (AvgIpc) is 2.36. The van der Waals surface area contributed by atoms with Gasteiger partial charge in [0.25, 0.3) is 0 Å². The van der Waals surface area contributed by atoms with Crippen molar-refractivity contribution in [3.8, 4) is 0 Å². The highest BCUT2D eigenvalue weighted by Gasteiger charge is 2.13. The Labute approximate surface area is 119 Å².